The van der Waals surface area contributed by atoms with Crippen molar-refractivity contribution in [3.63, 3.8) is 0 Å². The number of nitrogens with one attached hydrogen (secondary N) is 2. The van der Waals surface area contributed by atoms with E-state index in [1.807, 2.05) is 26.0 Å². The van der Waals surface area contributed by atoms with Gasteiger partial charge in [0.15, 0.2) is 0 Å². The Kier molecular flexibility index (Phi) is 8.55. The predicted molar refractivity (Wildman–Crippen MR) is 140 cm³/mol. The second-order valence-electron chi connectivity index (χ2n) is 9.54. The first-order chi connectivity index (χ1) is 17.8. The first-order valence-electron chi connectivity index (χ1n) is 12.4. The van der Waals surface area contributed by atoms with E-state index in [-0.39, 0.29) is 30.2 Å². The molecule has 0 saturated carbocycles. The van der Waals surface area contributed by atoms with Crippen LogP contribution in [-0.2, 0) is 16.1 Å². The Hall–Kier alpha value is -3.72. The van der Waals surface area contributed by atoms with Crippen molar-refractivity contribution >= 4 is 29.3 Å². The fraction of sp³-hybridized carbons (Fsp3) is 0.370. The van der Waals surface area contributed by atoms with E-state index in [0.717, 1.165) is 11.3 Å². The number of likely N-dealkylation sites (tertiary alicyclic amines) is 1. The number of carbonyl (C=O) groups excluding carboxylic acids is 3. The molecule has 9 nitrogen and oxygen atoms in total. The van der Waals surface area contributed by atoms with Crippen LogP contribution in [0.25, 0.3) is 5.69 Å². The van der Waals surface area contributed by atoms with Crippen molar-refractivity contribution in [1.82, 2.24) is 30.3 Å². The third-order valence-corrected chi connectivity index (χ3v) is 6.58. The number of amides is 3. The average molecular weight is 523 g/mol. The number of nitrogens with zero attached hydrogens (tertiary/aromatic N) is 4. The summed E-state index contributed by atoms with van der Waals surface area (Å²) in [5, 5.41) is 10.6. The van der Waals surface area contributed by atoms with Gasteiger partial charge in [0.05, 0.1) is 5.69 Å². The molecule has 1 fully saturated rings. The first kappa shape index (κ1) is 26.3. The molecule has 1 aliphatic rings. The van der Waals surface area contributed by atoms with Crippen LogP contribution in [0, 0.1) is 5.92 Å². The minimum Gasteiger partial charge on any atom is -0.350 e. The number of halogens is 1. The molecule has 3 aromatic rings. The third-order valence-electron chi connectivity index (χ3n) is 6.35. The van der Waals surface area contributed by atoms with E-state index in [2.05, 4.69) is 20.7 Å². The highest BCUT2D eigenvalue weighted by atomic mass is 35.5. The van der Waals surface area contributed by atoms with E-state index < -0.39 is 12.1 Å². The topological polar surface area (TPSA) is 109 Å². The summed E-state index contributed by atoms with van der Waals surface area (Å²) < 4.78 is 1.61. The van der Waals surface area contributed by atoms with Crippen molar-refractivity contribution in [2.45, 2.75) is 51.7 Å². The van der Waals surface area contributed by atoms with Gasteiger partial charge in [-0.05, 0) is 61.1 Å². The quantitative estimate of drug-likeness (QED) is 0.448. The minimum atomic E-state index is -0.715. The normalized spacial score (nSPS) is 16.0. The Morgan fingerprint density at radius 1 is 1.14 bits per heavy atom. The van der Waals surface area contributed by atoms with Crippen molar-refractivity contribution in [3.05, 3.63) is 77.3 Å². The Morgan fingerprint density at radius 3 is 2.62 bits per heavy atom. The fourth-order valence-electron chi connectivity index (χ4n) is 4.58. The van der Waals surface area contributed by atoms with Gasteiger partial charge < -0.3 is 15.5 Å². The number of aromatic nitrogens is 3. The van der Waals surface area contributed by atoms with Crippen molar-refractivity contribution in [1.29, 1.82) is 0 Å². The average Bonchev–Trinajstić information content (AvgIpc) is 3.59. The summed E-state index contributed by atoms with van der Waals surface area (Å²) in [4.78, 5) is 45.2. The minimum absolute atomic E-state index is 0.179. The molecule has 0 aliphatic carbocycles. The van der Waals surface area contributed by atoms with E-state index >= 15 is 0 Å². The molecular weight excluding hydrogens is 492 g/mol. The molecule has 1 aromatic heterocycles. The summed E-state index contributed by atoms with van der Waals surface area (Å²) in [5.41, 5.74) is 2.02. The van der Waals surface area contributed by atoms with Gasteiger partial charge in [-0.15, -0.1) is 0 Å². The summed E-state index contributed by atoms with van der Waals surface area (Å²) in [5.74, 6) is -0.603. The standard InChI is InChI=1S/C27H31ClN6O3/c1-18(2)13-22(32-25(35)19-7-4-3-5-8-19)27(37)33-12-6-9-24(33)26(36)30-15-20-14-21(28)10-11-23(20)34-17-29-16-31-34/h3-5,7-8,10-11,14,16-18,22,24H,6,9,12-13,15H2,1-2H3,(H,30,36)(H,32,35)/t22-,24-/m0/s1. The monoisotopic (exact) mass is 522 g/mol. The summed E-state index contributed by atoms with van der Waals surface area (Å²) >= 11 is 6.20. The molecule has 0 unspecified atom stereocenters. The molecular formula is C27H31ClN6O3. The summed E-state index contributed by atoms with van der Waals surface area (Å²) in [6.45, 7) is 4.68. The highest BCUT2D eigenvalue weighted by molar-refractivity contribution is 6.30. The van der Waals surface area contributed by atoms with Gasteiger partial charge in [0.2, 0.25) is 11.8 Å². The number of hydrogen-bond acceptors (Lipinski definition) is 5. The molecule has 0 bridgehead atoms. The van der Waals surface area contributed by atoms with Crippen LogP contribution in [0.3, 0.4) is 0 Å². The molecule has 2 heterocycles. The maximum absolute atomic E-state index is 13.6. The van der Waals surface area contributed by atoms with Crippen LogP contribution in [0.1, 0.15) is 49.0 Å². The van der Waals surface area contributed by atoms with E-state index in [9.17, 15) is 14.4 Å². The SMILES string of the molecule is CC(C)C[C@H](NC(=O)c1ccccc1)C(=O)N1CCC[C@H]1C(=O)NCc1cc(Cl)ccc1-n1cncn1. The molecule has 37 heavy (non-hydrogen) atoms. The molecule has 1 saturated heterocycles. The van der Waals surface area contributed by atoms with Gasteiger partial charge in [-0.1, -0.05) is 43.6 Å². The highest BCUT2D eigenvalue weighted by Crippen LogP contribution is 2.22. The molecule has 0 spiro atoms. The van der Waals surface area contributed by atoms with Crippen LogP contribution in [-0.4, -0.2) is 56.0 Å². The second kappa shape index (κ2) is 12.0. The lowest BCUT2D eigenvalue weighted by Gasteiger charge is -2.29. The summed E-state index contributed by atoms with van der Waals surface area (Å²) in [6.07, 6.45) is 4.76. The van der Waals surface area contributed by atoms with Gasteiger partial charge in [-0.2, -0.15) is 5.10 Å². The first-order valence-corrected chi connectivity index (χ1v) is 12.8. The Morgan fingerprint density at radius 2 is 1.92 bits per heavy atom. The fourth-order valence-corrected chi connectivity index (χ4v) is 4.77. The molecule has 194 valence electrons. The number of carbonyl (C=O) groups is 3. The molecule has 10 heteroatoms. The van der Waals surface area contributed by atoms with Crippen LogP contribution >= 0.6 is 11.6 Å². The van der Waals surface area contributed by atoms with Crippen LogP contribution in [0.15, 0.2) is 61.2 Å². The van der Waals surface area contributed by atoms with E-state index in [0.29, 0.717) is 36.4 Å². The molecule has 4 rings (SSSR count). The Bertz CT molecular complexity index is 1230. The molecule has 0 radical (unpaired) electrons. The van der Waals surface area contributed by atoms with Gasteiger partial charge in [-0.25, -0.2) is 9.67 Å². The van der Waals surface area contributed by atoms with E-state index in [4.69, 9.17) is 11.6 Å². The zero-order valence-corrected chi connectivity index (χ0v) is 21.7. The predicted octanol–water partition coefficient (Wildman–Crippen LogP) is 3.37. The zero-order chi connectivity index (χ0) is 26.4. The molecule has 2 atom stereocenters. The van der Waals surface area contributed by atoms with Gasteiger partial charge >= 0.3 is 0 Å². The molecule has 2 N–H and O–H groups in total. The highest BCUT2D eigenvalue weighted by Gasteiger charge is 2.37. The van der Waals surface area contributed by atoms with Crippen LogP contribution in [0.5, 0.6) is 0 Å². The van der Waals surface area contributed by atoms with Crippen molar-refractivity contribution in [3.8, 4) is 5.69 Å². The summed E-state index contributed by atoms with van der Waals surface area (Å²) in [6, 6.07) is 12.8. The number of rotatable bonds is 9. The Balaban J connectivity index is 1.45. The van der Waals surface area contributed by atoms with E-state index in [1.165, 1.54) is 6.33 Å². The van der Waals surface area contributed by atoms with E-state index in [1.54, 1.807) is 52.3 Å². The van der Waals surface area contributed by atoms with Gasteiger partial charge in [-0.3, -0.25) is 14.4 Å². The van der Waals surface area contributed by atoms with Crippen LogP contribution in [0.4, 0.5) is 0 Å². The maximum atomic E-state index is 13.6. The largest absolute Gasteiger partial charge is 0.350 e. The van der Waals surface area contributed by atoms with Crippen molar-refractivity contribution in [2.75, 3.05) is 6.54 Å². The Labute approximate surface area is 221 Å². The maximum Gasteiger partial charge on any atom is 0.251 e. The number of benzene rings is 2. The van der Waals surface area contributed by atoms with Gasteiger partial charge in [0.1, 0.15) is 24.7 Å². The lowest BCUT2D eigenvalue weighted by Crippen LogP contribution is -2.53. The smallest absolute Gasteiger partial charge is 0.251 e. The molecule has 3 amide bonds. The molecule has 2 aromatic carbocycles. The van der Waals surface area contributed by atoms with Crippen molar-refractivity contribution in [2.24, 2.45) is 5.92 Å². The number of hydrogen-bond donors (Lipinski definition) is 2. The van der Waals surface area contributed by atoms with Gasteiger partial charge in [0, 0.05) is 23.7 Å². The van der Waals surface area contributed by atoms with Crippen molar-refractivity contribution < 1.29 is 14.4 Å². The third kappa shape index (κ3) is 6.54. The van der Waals surface area contributed by atoms with Crippen LogP contribution < -0.4 is 10.6 Å². The van der Waals surface area contributed by atoms with Gasteiger partial charge in [0.25, 0.3) is 5.91 Å². The zero-order valence-electron chi connectivity index (χ0n) is 20.9. The summed E-state index contributed by atoms with van der Waals surface area (Å²) in [7, 11) is 0. The lowest BCUT2D eigenvalue weighted by atomic mass is 10.0. The second-order valence-corrected chi connectivity index (χ2v) is 9.98. The molecule has 1 aliphatic heterocycles. The lowest BCUT2D eigenvalue weighted by molar-refractivity contribution is -0.140. The van der Waals surface area contributed by atoms with Crippen LogP contribution in [0.2, 0.25) is 5.02 Å².